The minimum absolute atomic E-state index is 1.09. The van der Waals surface area contributed by atoms with Crippen molar-refractivity contribution in [1.82, 2.24) is 5.32 Å². The third kappa shape index (κ3) is 6.95. The maximum Gasteiger partial charge on any atom is 0.404 e. The van der Waals surface area contributed by atoms with Gasteiger partial charge >= 0.3 is 12.3 Å². The second-order valence-corrected chi connectivity index (χ2v) is 2.17. The van der Waals surface area contributed by atoms with Gasteiger partial charge in [0.05, 0.1) is 6.42 Å². The van der Waals surface area contributed by atoms with E-state index in [1.165, 1.54) is 0 Å². The Morgan fingerprint density at radius 3 is 2.36 bits per heavy atom. The van der Waals surface area contributed by atoms with Crippen molar-refractivity contribution in [3.63, 3.8) is 0 Å². The summed E-state index contributed by atoms with van der Waals surface area (Å²) in [6.45, 7) is 1.15. The zero-order valence-corrected chi connectivity index (χ0v) is 5.77. The fourth-order valence-corrected chi connectivity index (χ4v) is 0.609. The SMILES string of the molecule is C[C@@H](CC(F)(F)F)NC(=O)O. The standard InChI is InChI=1S/C5H8F3NO2/c1-3(9-4(10)11)2-5(6,7)8/h3,9H,2H2,1H3,(H,10,11)/t3-/m0/s1. The molecule has 0 radical (unpaired) electrons. The van der Waals surface area contributed by atoms with Crippen LogP contribution < -0.4 is 5.32 Å². The Hall–Kier alpha value is -0.940. The van der Waals surface area contributed by atoms with Crippen LogP contribution in [0.1, 0.15) is 13.3 Å². The topological polar surface area (TPSA) is 49.3 Å². The molecule has 0 aliphatic carbocycles. The number of hydrogen-bond acceptors (Lipinski definition) is 1. The van der Waals surface area contributed by atoms with Crippen molar-refractivity contribution >= 4 is 6.09 Å². The monoisotopic (exact) mass is 171 g/mol. The Balaban J connectivity index is 3.69. The van der Waals surface area contributed by atoms with Crippen LogP contribution in [0.3, 0.4) is 0 Å². The van der Waals surface area contributed by atoms with Crippen LogP contribution in [0.15, 0.2) is 0 Å². The Kier molecular flexibility index (Phi) is 3.16. The molecule has 0 heterocycles. The molecule has 0 bridgehead atoms. The van der Waals surface area contributed by atoms with Gasteiger partial charge in [0, 0.05) is 6.04 Å². The van der Waals surface area contributed by atoms with Gasteiger partial charge in [0.2, 0.25) is 0 Å². The first kappa shape index (κ1) is 10.1. The van der Waals surface area contributed by atoms with Crippen molar-refractivity contribution in [2.24, 2.45) is 0 Å². The van der Waals surface area contributed by atoms with Crippen molar-refractivity contribution in [3.8, 4) is 0 Å². The average Bonchev–Trinajstić information content (AvgIpc) is 1.53. The zero-order valence-electron chi connectivity index (χ0n) is 5.77. The van der Waals surface area contributed by atoms with Crippen molar-refractivity contribution in [2.75, 3.05) is 0 Å². The van der Waals surface area contributed by atoms with Gasteiger partial charge in [-0.05, 0) is 6.92 Å². The number of carboxylic acid groups (broad SMARTS) is 1. The van der Waals surface area contributed by atoms with E-state index in [2.05, 4.69) is 0 Å². The normalized spacial score (nSPS) is 14.2. The Morgan fingerprint density at radius 1 is 1.64 bits per heavy atom. The molecular formula is C5H8F3NO2. The summed E-state index contributed by atoms with van der Waals surface area (Å²) in [5.41, 5.74) is 0. The van der Waals surface area contributed by atoms with E-state index in [0.717, 1.165) is 6.92 Å². The molecule has 0 rings (SSSR count). The first-order valence-corrected chi connectivity index (χ1v) is 2.87. The predicted octanol–water partition coefficient (Wildman–Crippen LogP) is 1.59. The van der Waals surface area contributed by atoms with Crippen LogP contribution in [-0.2, 0) is 0 Å². The van der Waals surface area contributed by atoms with E-state index in [1.54, 1.807) is 5.32 Å². The van der Waals surface area contributed by atoms with E-state index in [0.29, 0.717) is 0 Å². The summed E-state index contributed by atoms with van der Waals surface area (Å²) in [5.74, 6) is 0. The van der Waals surface area contributed by atoms with Crippen LogP contribution in [0.25, 0.3) is 0 Å². The minimum atomic E-state index is -4.32. The van der Waals surface area contributed by atoms with E-state index in [4.69, 9.17) is 5.11 Å². The summed E-state index contributed by atoms with van der Waals surface area (Å²) in [7, 11) is 0. The molecule has 0 spiro atoms. The third-order valence-electron chi connectivity index (χ3n) is 0.908. The molecule has 0 saturated heterocycles. The number of amides is 1. The summed E-state index contributed by atoms with van der Waals surface area (Å²) < 4.78 is 34.6. The molecule has 66 valence electrons. The molecule has 6 heteroatoms. The Morgan fingerprint density at radius 2 is 2.09 bits per heavy atom. The van der Waals surface area contributed by atoms with Crippen molar-refractivity contribution in [2.45, 2.75) is 25.6 Å². The maximum absolute atomic E-state index is 11.5. The lowest BCUT2D eigenvalue weighted by atomic mass is 10.2. The number of halogens is 3. The first-order chi connectivity index (χ1) is 4.81. The second-order valence-electron chi connectivity index (χ2n) is 2.17. The third-order valence-corrected chi connectivity index (χ3v) is 0.908. The summed E-state index contributed by atoms with van der Waals surface area (Å²) >= 11 is 0. The van der Waals surface area contributed by atoms with Crippen LogP contribution in [0.2, 0.25) is 0 Å². The molecule has 0 saturated carbocycles. The van der Waals surface area contributed by atoms with E-state index in [-0.39, 0.29) is 0 Å². The molecule has 1 atom stereocenters. The fourth-order valence-electron chi connectivity index (χ4n) is 0.609. The van der Waals surface area contributed by atoms with Crippen LogP contribution in [0.5, 0.6) is 0 Å². The van der Waals surface area contributed by atoms with Crippen LogP contribution in [0, 0.1) is 0 Å². The predicted molar refractivity (Wildman–Crippen MR) is 31.3 cm³/mol. The first-order valence-electron chi connectivity index (χ1n) is 2.87. The van der Waals surface area contributed by atoms with Crippen molar-refractivity contribution in [3.05, 3.63) is 0 Å². The molecule has 0 aliphatic rings. The molecule has 3 nitrogen and oxygen atoms in total. The van der Waals surface area contributed by atoms with Crippen molar-refractivity contribution in [1.29, 1.82) is 0 Å². The van der Waals surface area contributed by atoms with Crippen LogP contribution >= 0.6 is 0 Å². The second kappa shape index (κ2) is 3.45. The van der Waals surface area contributed by atoms with Gasteiger partial charge in [-0.1, -0.05) is 0 Å². The van der Waals surface area contributed by atoms with E-state index in [9.17, 15) is 18.0 Å². The number of carbonyl (C=O) groups is 1. The average molecular weight is 171 g/mol. The van der Waals surface area contributed by atoms with Crippen LogP contribution in [-0.4, -0.2) is 23.4 Å². The maximum atomic E-state index is 11.5. The van der Waals surface area contributed by atoms with Gasteiger partial charge in [-0.15, -0.1) is 0 Å². The lowest BCUT2D eigenvalue weighted by molar-refractivity contribution is -0.138. The largest absolute Gasteiger partial charge is 0.465 e. The van der Waals surface area contributed by atoms with Gasteiger partial charge in [0.15, 0.2) is 0 Å². The highest BCUT2D eigenvalue weighted by molar-refractivity contribution is 5.64. The summed E-state index contributed by atoms with van der Waals surface area (Å²) in [4.78, 5) is 9.82. The molecule has 2 N–H and O–H groups in total. The molecule has 11 heavy (non-hydrogen) atoms. The van der Waals surface area contributed by atoms with Crippen molar-refractivity contribution < 1.29 is 23.1 Å². The van der Waals surface area contributed by atoms with Crippen LogP contribution in [0.4, 0.5) is 18.0 Å². The number of rotatable bonds is 2. The summed E-state index contributed by atoms with van der Waals surface area (Å²) in [6, 6.07) is -1.09. The van der Waals surface area contributed by atoms with Gasteiger partial charge in [-0.2, -0.15) is 13.2 Å². The number of nitrogens with one attached hydrogen (secondary N) is 1. The molecular weight excluding hydrogens is 163 g/mol. The summed E-state index contributed by atoms with van der Waals surface area (Å²) in [6.07, 6.45) is -6.90. The molecule has 0 aromatic heterocycles. The highest BCUT2D eigenvalue weighted by Crippen LogP contribution is 2.20. The molecule has 0 aromatic carbocycles. The van der Waals surface area contributed by atoms with Gasteiger partial charge < -0.3 is 10.4 Å². The summed E-state index contributed by atoms with van der Waals surface area (Å²) in [5, 5.41) is 9.70. The Labute approximate surface area is 61.2 Å². The quantitative estimate of drug-likeness (QED) is 0.662. The molecule has 0 aliphatic heterocycles. The molecule has 0 fully saturated rings. The van der Waals surface area contributed by atoms with Gasteiger partial charge in [0.25, 0.3) is 0 Å². The smallest absolute Gasteiger partial charge is 0.404 e. The van der Waals surface area contributed by atoms with Gasteiger partial charge in [-0.25, -0.2) is 4.79 Å². The molecule has 0 aromatic rings. The minimum Gasteiger partial charge on any atom is -0.465 e. The number of hydrogen-bond donors (Lipinski definition) is 2. The molecule has 1 amide bonds. The van der Waals surface area contributed by atoms with E-state index >= 15 is 0 Å². The van der Waals surface area contributed by atoms with Gasteiger partial charge in [0.1, 0.15) is 0 Å². The highest BCUT2D eigenvalue weighted by Gasteiger charge is 2.30. The van der Waals surface area contributed by atoms with Gasteiger partial charge in [-0.3, -0.25) is 0 Å². The van der Waals surface area contributed by atoms with E-state index in [1.807, 2.05) is 0 Å². The fraction of sp³-hybridized carbons (Fsp3) is 0.800. The number of alkyl halides is 3. The van der Waals surface area contributed by atoms with E-state index < -0.39 is 24.7 Å². The highest BCUT2D eigenvalue weighted by atomic mass is 19.4. The Bertz CT molecular complexity index is 145. The zero-order chi connectivity index (χ0) is 9.07. The lowest BCUT2D eigenvalue weighted by Crippen LogP contribution is -2.34. The lowest BCUT2D eigenvalue weighted by Gasteiger charge is -2.12. The molecule has 0 unspecified atom stereocenters.